The molecule has 2 aliphatic rings. The molecule has 2 fully saturated rings. The van der Waals surface area contributed by atoms with Gasteiger partial charge in [-0.25, -0.2) is 13.1 Å². The molecule has 1 N–H and O–H groups in total. The molecule has 0 radical (unpaired) electrons. The summed E-state index contributed by atoms with van der Waals surface area (Å²) in [5, 5.41) is 0. The summed E-state index contributed by atoms with van der Waals surface area (Å²) in [5.74, 6) is 1.30. The number of nitrogens with one attached hydrogen (secondary N) is 1. The molecule has 1 aromatic carbocycles. The van der Waals surface area contributed by atoms with Crippen LogP contribution in [0.2, 0.25) is 0 Å². The lowest BCUT2D eigenvalue weighted by Crippen LogP contribution is -2.39. The van der Waals surface area contributed by atoms with Crippen LogP contribution >= 0.6 is 0 Å². The Morgan fingerprint density at radius 1 is 1.05 bits per heavy atom. The molecule has 4 heteroatoms. The zero-order valence-corrected chi connectivity index (χ0v) is 13.3. The molecule has 0 aromatic heterocycles. The van der Waals surface area contributed by atoms with Gasteiger partial charge in [0.15, 0.2) is 0 Å². The topological polar surface area (TPSA) is 46.2 Å². The average molecular weight is 293 g/mol. The van der Waals surface area contributed by atoms with E-state index in [1.807, 2.05) is 32.9 Å². The number of aryl methyl sites for hydroxylation is 3. The molecule has 0 aliphatic heterocycles. The molecule has 0 heterocycles. The van der Waals surface area contributed by atoms with Crippen molar-refractivity contribution < 1.29 is 8.42 Å². The van der Waals surface area contributed by atoms with E-state index in [-0.39, 0.29) is 6.04 Å². The molecule has 2 bridgehead atoms. The standard InChI is InChI=1S/C16H23NO2S/c1-10-6-11(2)16(12(3)7-10)20(18,19)17-15-9-13-4-5-14(15)8-13/h6-7,13-15,17H,4-5,8-9H2,1-3H3/t13-,14-,15+/m0/s1. The Bertz CT molecular complexity index is 613. The summed E-state index contributed by atoms with van der Waals surface area (Å²) >= 11 is 0. The molecule has 2 aliphatic carbocycles. The predicted molar refractivity (Wildman–Crippen MR) is 80.2 cm³/mol. The van der Waals surface area contributed by atoms with Gasteiger partial charge in [0, 0.05) is 6.04 Å². The van der Waals surface area contributed by atoms with Crippen LogP contribution in [-0.2, 0) is 10.0 Å². The number of fused-ring (bicyclic) bond motifs is 2. The van der Waals surface area contributed by atoms with Crippen molar-refractivity contribution in [3.63, 3.8) is 0 Å². The van der Waals surface area contributed by atoms with Crippen molar-refractivity contribution in [2.75, 3.05) is 0 Å². The van der Waals surface area contributed by atoms with E-state index in [4.69, 9.17) is 0 Å². The van der Waals surface area contributed by atoms with Crippen LogP contribution in [0.4, 0.5) is 0 Å². The molecule has 0 saturated heterocycles. The van der Waals surface area contributed by atoms with Crippen molar-refractivity contribution in [2.24, 2.45) is 11.8 Å². The summed E-state index contributed by atoms with van der Waals surface area (Å²) in [6, 6.07) is 4.05. The maximum atomic E-state index is 12.7. The highest BCUT2D eigenvalue weighted by molar-refractivity contribution is 7.89. The van der Waals surface area contributed by atoms with Crippen LogP contribution in [0.1, 0.15) is 42.4 Å². The van der Waals surface area contributed by atoms with Crippen LogP contribution in [-0.4, -0.2) is 14.5 Å². The average Bonchev–Trinajstić information content (AvgIpc) is 2.87. The normalized spacial score (nSPS) is 29.1. The van der Waals surface area contributed by atoms with Gasteiger partial charge in [0.1, 0.15) is 0 Å². The highest BCUT2D eigenvalue weighted by atomic mass is 32.2. The first-order chi connectivity index (χ1) is 9.37. The zero-order valence-electron chi connectivity index (χ0n) is 12.4. The zero-order chi connectivity index (χ0) is 14.5. The first-order valence-electron chi connectivity index (χ1n) is 7.47. The molecule has 3 atom stereocenters. The van der Waals surface area contributed by atoms with E-state index in [1.54, 1.807) is 0 Å². The van der Waals surface area contributed by atoms with Gasteiger partial charge in [-0.1, -0.05) is 24.1 Å². The summed E-state index contributed by atoms with van der Waals surface area (Å²) in [7, 11) is -3.39. The minimum Gasteiger partial charge on any atom is -0.208 e. The van der Waals surface area contributed by atoms with Crippen molar-refractivity contribution in [2.45, 2.75) is 57.4 Å². The molecule has 1 aromatic rings. The fraction of sp³-hybridized carbons (Fsp3) is 0.625. The van der Waals surface area contributed by atoms with Crippen LogP contribution in [0, 0.1) is 32.6 Å². The molecule has 3 nitrogen and oxygen atoms in total. The van der Waals surface area contributed by atoms with Crippen molar-refractivity contribution in [3.05, 3.63) is 28.8 Å². The molecule has 110 valence electrons. The minimum atomic E-state index is -3.39. The van der Waals surface area contributed by atoms with Crippen LogP contribution in [0.5, 0.6) is 0 Å². The number of hydrogen-bond acceptors (Lipinski definition) is 2. The first kappa shape index (κ1) is 14.1. The maximum absolute atomic E-state index is 12.7. The molecule has 2 saturated carbocycles. The van der Waals surface area contributed by atoms with Gasteiger partial charge < -0.3 is 0 Å². The third kappa shape index (κ3) is 2.40. The van der Waals surface area contributed by atoms with Gasteiger partial charge in [-0.05, 0) is 63.0 Å². The molecule has 0 unspecified atom stereocenters. The summed E-state index contributed by atoms with van der Waals surface area (Å²) in [4.78, 5) is 0.478. The van der Waals surface area contributed by atoms with Crippen molar-refractivity contribution >= 4 is 10.0 Å². The largest absolute Gasteiger partial charge is 0.241 e. The van der Waals surface area contributed by atoms with Gasteiger partial charge in [-0.3, -0.25) is 0 Å². The SMILES string of the molecule is Cc1cc(C)c(S(=O)(=O)N[C@@H]2C[C@H]3CC[C@H]2C3)c(C)c1. The van der Waals surface area contributed by atoms with Gasteiger partial charge in [0.2, 0.25) is 10.0 Å². The highest BCUT2D eigenvalue weighted by Crippen LogP contribution is 2.45. The van der Waals surface area contributed by atoms with Gasteiger partial charge in [-0.15, -0.1) is 0 Å². The Labute approximate surface area is 121 Å². The number of benzene rings is 1. The van der Waals surface area contributed by atoms with E-state index in [9.17, 15) is 8.42 Å². The second-order valence-corrected chi connectivity index (χ2v) is 8.28. The van der Waals surface area contributed by atoms with Crippen molar-refractivity contribution in [1.82, 2.24) is 4.72 Å². The molecular weight excluding hydrogens is 270 g/mol. The summed E-state index contributed by atoms with van der Waals surface area (Å²) in [5.41, 5.74) is 2.80. The van der Waals surface area contributed by atoms with E-state index < -0.39 is 10.0 Å². The monoisotopic (exact) mass is 293 g/mol. The van der Waals surface area contributed by atoms with E-state index in [0.717, 1.165) is 29.0 Å². The molecule has 3 rings (SSSR count). The maximum Gasteiger partial charge on any atom is 0.241 e. The lowest BCUT2D eigenvalue weighted by atomic mass is 9.96. The summed E-state index contributed by atoms with van der Waals surface area (Å²) in [6.07, 6.45) is 4.70. The van der Waals surface area contributed by atoms with E-state index >= 15 is 0 Å². The van der Waals surface area contributed by atoms with Gasteiger partial charge >= 0.3 is 0 Å². The molecular formula is C16H23NO2S. The summed E-state index contributed by atoms with van der Waals surface area (Å²) in [6.45, 7) is 5.77. The Balaban J connectivity index is 1.89. The minimum absolute atomic E-state index is 0.152. The Morgan fingerprint density at radius 3 is 2.20 bits per heavy atom. The predicted octanol–water partition coefficient (Wildman–Crippen LogP) is 3.08. The van der Waals surface area contributed by atoms with Crippen LogP contribution in [0.25, 0.3) is 0 Å². The number of sulfonamides is 1. The lowest BCUT2D eigenvalue weighted by molar-refractivity contribution is 0.390. The van der Waals surface area contributed by atoms with Gasteiger partial charge in [0.25, 0.3) is 0 Å². The van der Waals surface area contributed by atoms with E-state index in [1.165, 1.54) is 19.3 Å². The molecule has 0 spiro atoms. The Morgan fingerprint density at radius 2 is 1.70 bits per heavy atom. The Kier molecular flexibility index (Phi) is 3.41. The number of rotatable bonds is 3. The van der Waals surface area contributed by atoms with E-state index in [2.05, 4.69) is 4.72 Å². The third-order valence-corrected chi connectivity index (χ3v) is 6.71. The second kappa shape index (κ2) is 4.85. The molecule has 20 heavy (non-hydrogen) atoms. The van der Waals surface area contributed by atoms with E-state index in [0.29, 0.717) is 10.8 Å². The smallest absolute Gasteiger partial charge is 0.208 e. The van der Waals surface area contributed by atoms with Crippen LogP contribution in [0.15, 0.2) is 17.0 Å². The quantitative estimate of drug-likeness (QED) is 0.931. The third-order valence-electron chi connectivity index (χ3n) is 4.92. The lowest BCUT2D eigenvalue weighted by Gasteiger charge is -2.24. The molecule has 0 amide bonds. The van der Waals surface area contributed by atoms with Gasteiger partial charge in [0.05, 0.1) is 4.90 Å². The van der Waals surface area contributed by atoms with Crippen molar-refractivity contribution in [3.8, 4) is 0 Å². The van der Waals surface area contributed by atoms with Gasteiger partial charge in [-0.2, -0.15) is 0 Å². The number of hydrogen-bond donors (Lipinski definition) is 1. The van der Waals surface area contributed by atoms with Crippen LogP contribution in [0.3, 0.4) is 0 Å². The highest BCUT2D eigenvalue weighted by Gasteiger charge is 2.41. The Hall–Kier alpha value is -0.870. The first-order valence-corrected chi connectivity index (χ1v) is 8.95. The second-order valence-electron chi connectivity index (χ2n) is 6.63. The van der Waals surface area contributed by atoms with Crippen molar-refractivity contribution in [1.29, 1.82) is 0 Å². The summed E-state index contributed by atoms with van der Waals surface area (Å²) < 4.78 is 28.4. The fourth-order valence-electron chi connectivity index (χ4n) is 4.24. The van der Waals surface area contributed by atoms with Crippen LogP contribution < -0.4 is 4.72 Å². The fourth-order valence-corrected chi connectivity index (χ4v) is 6.01.